The number of thioether (sulfide) groups is 1. The molecule has 0 fully saturated rings. The van der Waals surface area contributed by atoms with Crippen LogP contribution in [0.2, 0.25) is 5.02 Å². The molecule has 1 N–H and O–H groups in total. The molecule has 0 aliphatic rings. The van der Waals surface area contributed by atoms with E-state index >= 15 is 0 Å². The normalized spacial score (nSPS) is 10.9. The number of aromatic nitrogens is 3. The Morgan fingerprint density at radius 1 is 1.09 bits per heavy atom. The monoisotopic (exact) mass is 345 g/mol. The van der Waals surface area contributed by atoms with Crippen LogP contribution in [-0.2, 0) is 4.74 Å². The molecule has 3 aromatic rings. The fourth-order valence-electron chi connectivity index (χ4n) is 2.26. The summed E-state index contributed by atoms with van der Waals surface area (Å²) < 4.78 is 5.13. The van der Waals surface area contributed by atoms with Gasteiger partial charge >= 0.3 is 0 Å². The molecule has 4 nitrogen and oxygen atoms in total. The lowest BCUT2D eigenvalue weighted by atomic mass is 10.0. The van der Waals surface area contributed by atoms with E-state index in [1.165, 1.54) is 0 Å². The smallest absolute Gasteiger partial charge is 0.126 e. The van der Waals surface area contributed by atoms with Gasteiger partial charge in [-0.2, -0.15) is 5.10 Å². The van der Waals surface area contributed by atoms with Crippen molar-refractivity contribution in [3.8, 4) is 22.4 Å². The molecule has 0 unspecified atom stereocenters. The fourth-order valence-corrected chi connectivity index (χ4v) is 3.31. The number of H-pyrrole nitrogens is 1. The number of rotatable bonds is 6. The van der Waals surface area contributed by atoms with Crippen LogP contribution in [0.25, 0.3) is 22.4 Å². The van der Waals surface area contributed by atoms with Crippen molar-refractivity contribution >= 4 is 23.4 Å². The highest BCUT2D eigenvalue weighted by Crippen LogP contribution is 2.37. The molecule has 0 radical (unpaired) electrons. The minimum Gasteiger partial charge on any atom is -0.384 e. The number of nitrogens with one attached hydrogen (secondary N) is 1. The SMILES string of the molecule is COCCSc1n[nH]c(-c2ccc(Cl)cc2)c1-c1ccncc1. The highest BCUT2D eigenvalue weighted by atomic mass is 35.5. The third-order valence-electron chi connectivity index (χ3n) is 3.36. The first-order chi connectivity index (χ1) is 11.3. The summed E-state index contributed by atoms with van der Waals surface area (Å²) in [6.07, 6.45) is 3.58. The van der Waals surface area contributed by atoms with Gasteiger partial charge in [-0.15, -0.1) is 11.8 Å². The predicted molar refractivity (Wildman–Crippen MR) is 94.9 cm³/mol. The topological polar surface area (TPSA) is 50.8 Å². The molecule has 0 amide bonds. The maximum absolute atomic E-state index is 5.99. The lowest BCUT2D eigenvalue weighted by molar-refractivity contribution is 0.218. The lowest BCUT2D eigenvalue weighted by Crippen LogP contribution is -1.92. The molecule has 118 valence electrons. The van der Waals surface area contributed by atoms with Gasteiger partial charge in [0.1, 0.15) is 5.03 Å². The summed E-state index contributed by atoms with van der Waals surface area (Å²) in [5.74, 6) is 0.847. The zero-order valence-electron chi connectivity index (χ0n) is 12.6. The molecule has 0 aliphatic carbocycles. The molecular formula is C17H16ClN3OS. The summed E-state index contributed by atoms with van der Waals surface area (Å²) >= 11 is 7.66. The molecule has 1 aromatic carbocycles. The third kappa shape index (κ3) is 3.75. The van der Waals surface area contributed by atoms with Crippen LogP contribution >= 0.6 is 23.4 Å². The van der Waals surface area contributed by atoms with Gasteiger partial charge in [0.25, 0.3) is 0 Å². The Kier molecular flexibility index (Phi) is 5.33. The zero-order valence-corrected chi connectivity index (χ0v) is 14.2. The van der Waals surface area contributed by atoms with Gasteiger partial charge in [0.15, 0.2) is 0 Å². The molecule has 2 aromatic heterocycles. The Morgan fingerprint density at radius 3 is 2.52 bits per heavy atom. The number of pyridine rings is 1. The van der Waals surface area contributed by atoms with E-state index in [9.17, 15) is 0 Å². The number of halogens is 1. The summed E-state index contributed by atoms with van der Waals surface area (Å²) in [6.45, 7) is 0.684. The van der Waals surface area contributed by atoms with Gasteiger partial charge < -0.3 is 4.74 Å². The number of hydrogen-bond donors (Lipinski definition) is 1. The Morgan fingerprint density at radius 2 is 1.83 bits per heavy atom. The number of benzene rings is 1. The fraction of sp³-hybridized carbons (Fsp3) is 0.176. The number of ether oxygens (including phenoxy) is 1. The minimum absolute atomic E-state index is 0.684. The van der Waals surface area contributed by atoms with Crippen molar-refractivity contribution in [1.82, 2.24) is 15.2 Å². The van der Waals surface area contributed by atoms with Crippen LogP contribution in [0.15, 0.2) is 53.8 Å². The van der Waals surface area contributed by atoms with Crippen LogP contribution in [0.5, 0.6) is 0 Å². The second kappa shape index (κ2) is 7.64. The van der Waals surface area contributed by atoms with Crippen LogP contribution in [0, 0.1) is 0 Å². The van der Waals surface area contributed by atoms with Crippen LogP contribution in [-0.4, -0.2) is 34.7 Å². The highest BCUT2D eigenvalue weighted by molar-refractivity contribution is 7.99. The molecular weight excluding hydrogens is 330 g/mol. The molecule has 6 heteroatoms. The van der Waals surface area contributed by atoms with Crippen molar-refractivity contribution in [3.05, 3.63) is 53.8 Å². The van der Waals surface area contributed by atoms with Gasteiger partial charge in [-0.25, -0.2) is 0 Å². The molecule has 0 saturated heterocycles. The first-order valence-corrected chi connectivity index (χ1v) is 8.52. The van der Waals surface area contributed by atoms with Crippen molar-refractivity contribution in [2.75, 3.05) is 19.5 Å². The number of hydrogen-bond acceptors (Lipinski definition) is 4. The van der Waals surface area contributed by atoms with E-state index < -0.39 is 0 Å². The lowest BCUT2D eigenvalue weighted by Gasteiger charge is -2.06. The van der Waals surface area contributed by atoms with Crippen molar-refractivity contribution < 1.29 is 4.74 Å². The average Bonchev–Trinajstić information content (AvgIpc) is 3.00. The molecule has 0 atom stereocenters. The van der Waals surface area contributed by atoms with Gasteiger partial charge in [-0.05, 0) is 29.8 Å². The Hall–Kier alpha value is -1.82. The molecule has 3 rings (SSSR count). The number of nitrogens with zero attached hydrogens (tertiary/aromatic N) is 2. The summed E-state index contributed by atoms with van der Waals surface area (Å²) in [6, 6.07) is 11.7. The Balaban J connectivity index is 2.04. The predicted octanol–water partition coefficient (Wildman–Crippen LogP) is 4.53. The summed E-state index contributed by atoms with van der Waals surface area (Å²) in [5, 5.41) is 9.33. The summed E-state index contributed by atoms with van der Waals surface area (Å²) in [4.78, 5) is 4.10. The molecule has 0 spiro atoms. The van der Waals surface area contributed by atoms with Crippen LogP contribution in [0.4, 0.5) is 0 Å². The summed E-state index contributed by atoms with van der Waals surface area (Å²) in [5.41, 5.74) is 4.19. The van der Waals surface area contributed by atoms with Gasteiger partial charge in [-0.3, -0.25) is 10.1 Å². The third-order valence-corrected chi connectivity index (χ3v) is 4.55. The molecule has 2 heterocycles. The second-order valence-corrected chi connectivity index (χ2v) is 6.38. The van der Waals surface area contributed by atoms with Crippen molar-refractivity contribution in [2.45, 2.75) is 5.03 Å². The van der Waals surface area contributed by atoms with Crippen LogP contribution in [0.1, 0.15) is 0 Å². The minimum atomic E-state index is 0.684. The van der Waals surface area contributed by atoms with E-state index in [-0.39, 0.29) is 0 Å². The van der Waals surface area contributed by atoms with E-state index in [0.29, 0.717) is 11.6 Å². The molecule has 0 aliphatic heterocycles. The van der Waals surface area contributed by atoms with E-state index in [4.69, 9.17) is 16.3 Å². The maximum atomic E-state index is 5.99. The van der Waals surface area contributed by atoms with Crippen molar-refractivity contribution in [3.63, 3.8) is 0 Å². The van der Waals surface area contributed by atoms with Crippen molar-refractivity contribution in [1.29, 1.82) is 0 Å². The highest BCUT2D eigenvalue weighted by Gasteiger charge is 2.17. The Bertz CT molecular complexity index is 759. The summed E-state index contributed by atoms with van der Waals surface area (Å²) in [7, 11) is 1.70. The largest absolute Gasteiger partial charge is 0.384 e. The molecule has 23 heavy (non-hydrogen) atoms. The van der Waals surface area contributed by atoms with Gasteiger partial charge in [0.2, 0.25) is 0 Å². The zero-order chi connectivity index (χ0) is 16.1. The Labute approximate surface area is 144 Å². The van der Waals surface area contributed by atoms with Gasteiger partial charge in [0.05, 0.1) is 12.3 Å². The molecule has 0 saturated carbocycles. The van der Waals surface area contributed by atoms with Gasteiger partial charge in [-0.1, -0.05) is 23.7 Å². The van der Waals surface area contributed by atoms with Crippen LogP contribution in [0.3, 0.4) is 0 Å². The maximum Gasteiger partial charge on any atom is 0.126 e. The quantitative estimate of drug-likeness (QED) is 0.526. The molecule has 0 bridgehead atoms. The standard InChI is InChI=1S/C17H16ClN3OS/c1-22-10-11-23-17-15(12-6-8-19-9-7-12)16(20-21-17)13-2-4-14(18)5-3-13/h2-9H,10-11H2,1H3,(H,20,21). The van der Waals surface area contributed by atoms with Crippen molar-refractivity contribution in [2.24, 2.45) is 0 Å². The number of methoxy groups -OCH3 is 1. The first-order valence-electron chi connectivity index (χ1n) is 7.16. The van der Waals surface area contributed by atoms with E-state index in [0.717, 1.165) is 33.2 Å². The van der Waals surface area contributed by atoms with E-state index in [2.05, 4.69) is 15.2 Å². The second-order valence-electron chi connectivity index (χ2n) is 4.86. The van der Waals surface area contributed by atoms with E-state index in [1.54, 1.807) is 31.3 Å². The average molecular weight is 346 g/mol. The first kappa shape index (κ1) is 16.1. The van der Waals surface area contributed by atoms with E-state index in [1.807, 2.05) is 36.4 Å². The van der Waals surface area contributed by atoms with Crippen LogP contribution < -0.4 is 0 Å². The number of aromatic amines is 1. The van der Waals surface area contributed by atoms with Gasteiger partial charge in [0, 0.05) is 41.4 Å².